The second kappa shape index (κ2) is 7.28. The Morgan fingerprint density at radius 1 is 1.35 bits per heavy atom. The summed E-state index contributed by atoms with van der Waals surface area (Å²) < 4.78 is 31.2. The summed E-state index contributed by atoms with van der Waals surface area (Å²) in [5.41, 5.74) is 5.98. The molecule has 2 heterocycles. The molecule has 1 aliphatic heterocycles. The second-order valence-corrected chi connectivity index (χ2v) is 8.73. The van der Waals surface area contributed by atoms with Crippen LogP contribution in [0.25, 0.3) is 0 Å². The van der Waals surface area contributed by atoms with Gasteiger partial charge in [-0.05, 0) is 37.0 Å². The summed E-state index contributed by atoms with van der Waals surface area (Å²) in [5, 5.41) is 0.280. The van der Waals surface area contributed by atoms with E-state index >= 15 is 0 Å². The zero-order valence-corrected chi connectivity index (χ0v) is 16.2. The van der Waals surface area contributed by atoms with E-state index in [0.717, 1.165) is 25.9 Å². The van der Waals surface area contributed by atoms with Crippen molar-refractivity contribution in [3.05, 3.63) is 29.4 Å². The van der Waals surface area contributed by atoms with E-state index in [-0.39, 0.29) is 26.4 Å². The standard InChI is InChI=1S/C17H21ClN4O3S/c1-11-4-3-7-22(10-11)17-20-9-15(16(19)21-17)26(23,24)14-8-12(18)5-6-13(14)25-2/h5-6,8-9,11H,3-4,7,10H2,1-2H3,(H2,19,20,21). The van der Waals surface area contributed by atoms with Crippen LogP contribution < -0.4 is 15.4 Å². The molecule has 0 spiro atoms. The number of nitrogens with two attached hydrogens (primary N) is 1. The Kier molecular flexibility index (Phi) is 5.24. The molecule has 1 aromatic heterocycles. The number of anilines is 2. The fourth-order valence-electron chi connectivity index (χ4n) is 3.08. The van der Waals surface area contributed by atoms with E-state index in [0.29, 0.717) is 11.9 Å². The summed E-state index contributed by atoms with van der Waals surface area (Å²) in [6.07, 6.45) is 3.46. The van der Waals surface area contributed by atoms with Crippen molar-refractivity contribution in [1.82, 2.24) is 9.97 Å². The third-order valence-corrected chi connectivity index (χ3v) is 6.44. The van der Waals surface area contributed by atoms with E-state index in [9.17, 15) is 8.42 Å². The Hall–Kier alpha value is -2.06. The highest BCUT2D eigenvalue weighted by Gasteiger charge is 2.27. The number of piperidine rings is 1. The average Bonchev–Trinajstić information content (AvgIpc) is 2.61. The molecular formula is C17H21ClN4O3S. The molecule has 9 heteroatoms. The molecule has 26 heavy (non-hydrogen) atoms. The lowest BCUT2D eigenvalue weighted by molar-refractivity contribution is 0.402. The van der Waals surface area contributed by atoms with Gasteiger partial charge in [-0.25, -0.2) is 13.4 Å². The average molecular weight is 397 g/mol. The zero-order valence-electron chi connectivity index (χ0n) is 14.6. The highest BCUT2D eigenvalue weighted by Crippen LogP contribution is 2.34. The van der Waals surface area contributed by atoms with Crippen molar-refractivity contribution >= 4 is 33.2 Å². The number of hydrogen-bond donors (Lipinski definition) is 1. The van der Waals surface area contributed by atoms with Gasteiger partial charge in [-0.2, -0.15) is 4.98 Å². The van der Waals surface area contributed by atoms with Crippen molar-refractivity contribution in [2.45, 2.75) is 29.6 Å². The molecule has 140 valence electrons. The summed E-state index contributed by atoms with van der Waals surface area (Å²) in [6, 6.07) is 4.38. The topological polar surface area (TPSA) is 98.4 Å². The molecule has 7 nitrogen and oxygen atoms in total. The molecule has 1 saturated heterocycles. The van der Waals surface area contributed by atoms with Gasteiger partial charge in [0.25, 0.3) is 0 Å². The highest BCUT2D eigenvalue weighted by molar-refractivity contribution is 7.91. The first kappa shape index (κ1) is 18.7. The van der Waals surface area contributed by atoms with E-state index in [1.54, 1.807) is 6.07 Å². The number of halogens is 1. The Morgan fingerprint density at radius 3 is 2.77 bits per heavy atom. The second-order valence-electron chi connectivity index (χ2n) is 6.41. The molecule has 1 atom stereocenters. The lowest BCUT2D eigenvalue weighted by Gasteiger charge is -2.31. The van der Waals surface area contributed by atoms with Crippen molar-refractivity contribution in [2.24, 2.45) is 5.92 Å². The summed E-state index contributed by atoms with van der Waals surface area (Å²) in [4.78, 5) is 10.3. The number of hydrogen-bond acceptors (Lipinski definition) is 7. The Bertz CT molecular complexity index is 920. The predicted molar refractivity (Wildman–Crippen MR) is 101 cm³/mol. The van der Waals surface area contributed by atoms with Crippen LogP contribution in [-0.2, 0) is 9.84 Å². The summed E-state index contributed by atoms with van der Waals surface area (Å²) in [6.45, 7) is 3.82. The van der Waals surface area contributed by atoms with E-state index in [1.165, 1.54) is 25.4 Å². The van der Waals surface area contributed by atoms with Gasteiger partial charge >= 0.3 is 0 Å². The summed E-state index contributed by atoms with van der Waals surface area (Å²) in [7, 11) is -2.58. The Morgan fingerprint density at radius 2 is 2.12 bits per heavy atom. The molecule has 1 aromatic carbocycles. The van der Waals surface area contributed by atoms with E-state index in [1.807, 2.05) is 4.90 Å². The molecule has 0 saturated carbocycles. The van der Waals surface area contributed by atoms with Crippen molar-refractivity contribution in [3.8, 4) is 5.75 Å². The van der Waals surface area contributed by atoms with Crippen LogP contribution in [0, 0.1) is 5.92 Å². The number of ether oxygens (including phenoxy) is 1. The molecule has 1 fully saturated rings. The minimum atomic E-state index is -3.97. The predicted octanol–water partition coefficient (Wildman–Crippen LogP) is 2.79. The van der Waals surface area contributed by atoms with Gasteiger partial charge in [0.15, 0.2) is 0 Å². The van der Waals surface area contributed by atoms with Gasteiger partial charge in [0.2, 0.25) is 15.8 Å². The molecule has 1 unspecified atom stereocenters. The maximum Gasteiger partial charge on any atom is 0.227 e. The maximum absolute atomic E-state index is 13.0. The van der Waals surface area contributed by atoms with E-state index < -0.39 is 9.84 Å². The van der Waals surface area contributed by atoms with Gasteiger partial charge in [-0.1, -0.05) is 18.5 Å². The molecule has 0 aliphatic carbocycles. The van der Waals surface area contributed by atoms with Crippen molar-refractivity contribution < 1.29 is 13.2 Å². The first-order valence-electron chi connectivity index (χ1n) is 8.29. The number of sulfone groups is 1. The van der Waals surface area contributed by atoms with Crippen molar-refractivity contribution in [1.29, 1.82) is 0 Å². The first-order valence-corrected chi connectivity index (χ1v) is 10.1. The molecule has 2 aromatic rings. The molecule has 0 amide bonds. The van der Waals surface area contributed by atoms with Gasteiger partial charge in [0, 0.05) is 18.1 Å². The monoisotopic (exact) mass is 396 g/mol. The Balaban J connectivity index is 2.00. The van der Waals surface area contributed by atoms with Crippen LogP contribution in [0.1, 0.15) is 19.8 Å². The van der Waals surface area contributed by atoms with Crippen molar-refractivity contribution in [3.63, 3.8) is 0 Å². The third kappa shape index (κ3) is 3.57. The smallest absolute Gasteiger partial charge is 0.227 e. The third-order valence-electron chi connectivity index (χ3n) is 4.41. The lowest BCUT2D eigenvalue weighted by Crippen LogP contribution is -2.35. The number of nitrogens with zero attached hydrogens (tertiary/aromatic N) is 3. The largest absolute Gasteiger partial charge is 0.495 e. The van der Waals surface area contributed by atoms with Crippen LogP contribution in [0.4, 0.5) is 11.8 Å². The minimum Gasteiger partial charge on any atom is -0.495 e. The van der Waals surface area contributed by atoms with Gasteiger partial charge < -0.3 is 15.4 Å². The van der Waals surface area contributed by atoms with Crippen LogP contribution in [0.3, 0.4) is 0 Å². The van der Waals surface area contributed by atoms with Gasteiger partial charge in [0.05, 0.1) is 13.3 Å². The van der Waals surface area contributed by atoms with Crippen LogP contribution in [0.15, 0.2) is 34.2 Å². The zero-order chi connectivity index (χ0) is 18.9. The molecule has 0 bridgehead atoms. The van der Waals surface area contributed by atoms with E-state index in [2.05, 4.69) is 16.9 Å². The van der Waals surface area contributed by atoms with Gasteiger partial charge in [-0.3, -0.25) is 0 Å². The highest BCUT2D eigenvalue weighted by atomic mass is 35.5. The normalized spacial score (nSPS) is 18.0. The van der Waals surface area contributed by atoms with Crippen LogP contribution in [0.2, 0.25) is 5.02 Å². The van der Waals surface area contributed by atoms with Gasteiger partial charge in [0.1, 0.15) is 21.4 Å². The Labute approximate surface area is 158 Å². The molecular weight excluding hydrogens is 376 g/mol. The minimum absolute atomic E-state index is 0.0675. The fraction of sp³-hybridized carbons (Fsp3) is 0.412. The summed E-state index contributed by atoms with van der Waals surface area (Å²) in [5.74, 6) is 1.08. The molecule has 0 radical (unpaired) electrons. The molecule has 3 rings (SSSR count). The molecule has 2 N–H and O–H groups in total. The lowest BCUT2D eigenvalue weighted by atomic mass is 10.0. The first-order chi connectivity index (χ1) is 12.3. The fourth-order valence-corrected chi connectivity index (χ4v) is 4.77. The number of methoxy groups -OCH3 is 1. The quantitative estimate of drug-likeness (QED) is 0.848. The van der Waals surface area contributed by atoms with Crippen molar-refractivity contribution in [2.75, 3.05) is 30.8 Å². The maximum atomic E-state index is 13.0. The number of aromatic nitrogens is 2. The van der Waals surface area contributed by atoms with Crippen LogP contribution >= 0.6 is 11.6 Å². The number of benzene rings is 1. The molecule has 1 aliphatic rings. The van der Waals surface area contributed by atoms with E-state index in [4.69, 9.17) is 22.1 Å². The SMILES string of the molecule is COc1ccc(Cl)cc1S(=O)(=O)c1cnc(N2CCCC(C)C2)nc1N. The van der Waals surface area contributed by atoms with Crippen LogP contribution in [0.5, 0.6) is 5.75 Å². The number of nitrogen functional groups attached to an aromatic ring is 1. The van der Waals surface area contributed by atoms with Crippen LogP contribution in [-0.4, -0.2) is 38.6 Å². The number of rotatable bonds is 4. The van der Waals surface area contributed by atoms with Gasteiger partial charge in [-0.15, -0.1) is 0 Å². The summed E-state index contributed by atoms with van der Waals surface area (Å²) >= 11 is 5.96.